The van der Waals surface area contributed by atoms with E-state index in [1.54, 1.807) is 18.2 Å². The molecule has 1 N–H and O–H groups in total. The van der Waals surface area contributed by atoms with Crippen molar-refractivity contribution in [2.45, 2.75) is 6.54 Å². The Morgan fingerprint density at radius 3 is 2.65 bits per heavy atom. The van der Waals surface area contributed by atoms with Crippen molar-refractivity contribution >= 4 is 11.9 Å². The Labute approximate surface area is 133 Å². The summed E-state index contributed by atoms with van der Waals surface area (Å²) in [6, 6.07) is 9.16. The van der Waals surface area contributed by atoms with E-state index < -0.39 is 5.82 Å². The van der Waals surface area contributed by atoms with Gasteiger partial charge in [0.15, 0.2) is 5.76 Å². The SMILES string of the molecule is CN(C)Cc1c(O)ccc2c1O/C(=C\c1ccccc1F)C2=O. The van der Waals surface area contributed by atoms with E-state index >= 15 is 0 Å². The van der Waals surface area contributed by atoms with Crippen LogP contribution in [-0.2, 0) is 6.54 Å². The van der Waals surface area contributed by atoms with Crippen molar-refractivity contribution in [3.05, 3.63) is 64.7 Å². The number of rotatable bonds is 3. The number of carbonyl (C=O) groups excluding carboxylic acids is 1. The van der Waals surface area contributed by atoms with Crippen LogP contribution in [-0.4, -0.2) is 29.9 Å². The number of ketones is 1. The van der Waals surface area contributed by atoms with Crippen molar-refractivity contribution < 1.29 is 19.0 Å². The summed E-state index contributed by atoms with van der Waals surface area (Å²) in [5.74, 6) is -0.286. The third kappa shape index (κ3) is 2.83. The zero-order valence-electron chi connectivity index (χ0n) is 12.8. The van der Waals surface area contributed by atoms with Crippen LogP contribution in [0.5, 0.6) is 11.5 Å². The number of hydrogen-bond acceptors (Lipinski definition) is 4. The fourth-order valence-electron chi connectivity index (χ4n) is 2.50. The molecule has 1 aliphatic heterocycles. The molecule has 0 spiro atoms. The molecule has 0 saturated heterocycles. The first-order valence-corrected chi connectivity index (χ1v) is 7.15. The first-order chi connectivity index (χ1) is 11.0. The summed E-state index contributed by atoms with van der Waals surface area (Å²) in [4.78, 5) is 14.3. The zero-order chi connectivity index (χ0) is 16.6. The van der Waals surface area contributed by atoms with Gasteiger partial charge >= 0.3 is 0 Å². The van der Waals surface area contributed by atoms with Gasteiger partial charge in [0.05, 0.1) is 11.1 Å². The van der Waals surface area contributed by atoms with Crippen molar-refractivity contribution in [3.63, 3.8) is 0 Å². The molecule has 1 heterocycles. The standard InChI is InChI=1S/C18H16FNO3/c1-20(2)10-13-15(21)8-7-12-17(22)16(23-18(12)13)9-11-5-3-4-6-14(11)19/h3-9,21H,10H2,1-2H3/b16-9-. The number of fused-ring (bicyclic) bond motifs is 1. The highest BCUT2D eigenvalue weighted by molar-refractivity contribution is 6.15. The maximum Gasteiger partial charge on any atom is 0.231 e. The molecule has 2 aromatic carbocycles. The molecule has 0 amide bonds. The number of aromatic hydroxyl groups is 1. The predicted octanol–water partition coefficient (Wildman–Crippen LogP) is 3.21. The molecule has 0 radical (unpaired) electrons. The molecule has 4 nitrogen and oxygen atoms in total. The Kier molecular flexibility index (Phi) is 3.88. The first-order valence-electron chi connectivity index (χ1n) is 7.15. The number of halogens is 1. The lowest BCUT2D eigenvalue weighted by Crippen LogP contribution is -2.11. The van der Waals surface area contributed by atoms with Gasteiger partial charge in [-0.3, -0.25) is 4.79 Å². The summed E-state index contributed by atoms with van der Waals surface area (Å²) in [5.41, 5.74) is 1.20. The molecule has 0 aromatic heterocycles. The van der Waals surface area contributed by atoms with Gasteiger partial charge < -0.3 is 14.7 Å². The zero-order valence-corrected chi connectivity index (χ0v) is 12.8. The molecular weight excluding hydrogens is 297 g/mol. The number of ether oxygens (including phenoxy) is 1. The molecule has 0 atom stereocenters. The number of allylic oxidation sites excluding steroid dienone is 1. The van der Waals surface area contributed by atoms with Gasteiger partial charge in [-0.1, -0.05) is 18.2 Å². The number of Topliss-reactive ketones (excluding diaryl/α,β-unsaturated/α-hetero) is 1. The monoisotopic (exact) mass is 313 g/mol. The molecule has 0 saturated carbocycles. The van der Waals surface area contributed by atoms with Crippen molar-refractivity contribution in [1.29, 1.82) is 0 Å². The van der Waals surface area contributed by atoms with Gasteiger partial charge in [0.1, 0.15) is 17.3 Å². The minimum Gasteiger partial charge on any atom is -0.507 e. The molecule has 118 valence electrons. The number of carbonyl (C=O) groups is 1. The van der Waals surface area contributed by atoms with E-state index in [-0.39, 0.29) is 22.9 Å². The van der Waals surface area contributed by atoms with Crippen molar-refractivity contribution in [3.8, 4) is 11.5 Å². The molecule has 0 aliphatic carbocycles. The minimum absolute atomic E-state index is 0.0516. The second-order valence-corrected chi connectivity index (χ2v) is 5.64. The minimum atomic E-state index is -0.427. The Morgan fingerprint density at radius 2 is 1.96 bits per heavy atom. The van der Waals surface area contributed by atoms with Crippen molar-refractivity contribution in [1.82, 2.24) is 4.90 Å². The van der Waals surface area contributed by atoms with Gasteiger partial charge in [-0.2, -0.15) is 0 Å². The summed E-state index contributed by atoms with van der Waals surface area (Å²) in [7, 11) is 3.71. The number of phenols is 1. The average molecular weight is 313 g/mol. The maximum absolute atomic E-state index is 13.8. The van der Waals surface area contributed by atoms with Crippen LogP contribution in [0.15, 0.2) is 42.2 Å². The van der Waals surface area contributed by atoms with Crippen LogP contribution in [0.4, 0.5) is 4.39 Å². The summed E-state index contributed by atoms with van der Waals surface area (Å²) in [5, 5.41) is 10.0. The molecule has 2 aromatic rings. The normalized spacial score (nSPS) is 15.1. The van der Waals surface area contributed by atoms with Crippen molar-refractivity contribution in [2.24, 2.45) is 0 Å². The lowest BCUT2D eigenvalue weighted by Gasteiger charge is -2.13. The van der Waals surface area contributed by atoms with E-state index in [1.807, 2.05) is 19.0 Å². The van der Waals surface area contributed by atoms with E-state index in [9.17, 15) is 14.3 Å². The summed E-state index contributed by atoms with van der Waals surface area (Å²) >= 11 is 0. The molecule has 0 unspecified atom stereocenters. The largest absolute Gasteiger partial charge is 0.507 e. The fourth-order valence-corrected chi connectivity index (χ4v) is 2.50. The molecular formula is C18H16FNO3. The van der Waals surface area contributed by atoms with Crippen LogP contribution in [0.2, 0.25) is 0 Å². The van der Waals surface area contributed by atoms with Crippen LogP contribution >= 0.6 is 0 Å². The van der Waals surface area contributed by atoms with Gasteiger partial charge in [0, 0.05) is 12.1 Å². The Bertz CT molecular complexity index is 812. The topological polar surface area (TPSA) is 49.8 Å². The van der Waals surface area contributed by atoms with Crippen LogP contribution in [0.1, 0.15) is 21.5 Å². The highest BCUT2D eigenvalue weighted by Gasteiger charge is 2.31. The average Bonchev–Trinajstić information content (AvgIpc) is 2.81. The van der Waals surface area contributed by atoms with E-state index in [0.29, 0.717) is 23.4 Å². The van der Waals surface area contributed by atoms with E-state index in [0.717, 1.165) is 0 Å². The number of phenolic OH excluding ortho intramolecular Hbond substituents is 1. The summed E-state index contributed by atoms with van der Waals surface area (Å²) in [6.45, 7) is 0.426. The fraction of sp³-hybridized carbons (Fsp3) is 0.167. The Morgan fingerprint density at radius 1 is 1.22 bits per heavy atom. The molecule has 0 fully saturated rings. The van der Waals surface area contributed by atoms with Crippen molar-refractivity contribution in [2.75, 3.05) is 14.1 Å². The summed E-state index contributed by atoms with van der Waals surface area (Å²) < 4.78 is 19.4. The molecule has 3 rings (SSSR count). The quantitative estimate of drug-likeness (QED) is 0.884. The van der Waals surface area contributed by atoms with Gasteiger partial charge in [-0.15, -0.1) is 0 Å². The molecule has 23 heavy (non-hydrogen) atoms. The van der Waals surface area contributed by atoms with Crippen LogP contribution in [0, 0.1) is 5.82 Å². The number of benzene rings is 2. The second-order valence-electron chi connectivity index (χ2n) is 5.64. The molecule has 5 heteroatoms. The van der Waals surface area contributed by atoms with E-state index in [4.69, 9.17) is 4.74 Å². The van der Waals surface area contributed by atoms with E-state index in [1.165, 1.54) is 24.3 Å². The first kappa shape index (κ1) is 15.2. The Balaban J connectivity index is 2.04. The van der Waals surface area contributed by atoms with E-state index in [2.05, 4.69) is 0 Å². The number of hydrogen-bond donors (Lipinski definition) is 1. The van der Waals surface area contributed by atoms with Gasteiger partial charge in [-0.25, -0.2) is 4.39 Å². The highest BCUT2D eigenvalue weighted by atomic mass is 19.1. The molecule has 1 aliphatic rings. The predicted molar refractivity (Wildman–Crippen MR) is 84.8 cm³/mol. The maximum atomic E-state index is 13.8. The lowest BCUT2D eigenvalue weighted by molar-refractivity contribution is 0.101. The third-order valence-corrected chi connectivity index (χ3v) is 3.58. The second kappa shape index (κ2) is 5.85. The van der Waals surface area contributed by atoms with Gasteiger partial charge in [0.25, 0.3) is 0 Å². The highest BCUT2D eigenvalue weighted by Crippen LogP contribution is 2.39. The van der Waals surface area contributed by atoms with Crippen LogP contribution < -0.4 is 4.74 Å². The number of nitrogens with zero attached hydrogens (tertiary/aromatic N) is 1. The van der Waals surface area contributed by atoms with Crippen LogP contribution in [0.25, 0.3) is 6.08 Å². The van der Waals surface area contributed by atoms with Gasteiger partial charge in [0.2, 0.25) is 5.78 Å². The Hall–Kier alpha value is -2.66. The van der Waals surface area contributed by atoms with Crippen LogP contribution in [0.3, 0.4) is 0 Å². The smallest absolute Gasteiger partial charge is 0.231 e. The summed E-state index contributed by atoms with van der Waals surface area (Å²) in [6.07, 6.45) is 1.38. The molecule has 0 bridgehead atoms. The van der Waals surface area contributed by atoms with Gasteiger partial charge in [-0.05, 0) is 38.4 Å². The lowest BCUT2D eigenvalue weighted by atomic mass is 10.0. The third-order valence-electron chi connectivity index (χ3n) is 3.58.